The number of anilines is 2. The van der Waals surface area contributed by atoms with Crippen molar-refractivity contribution in [2.45, 2.75) is 12.8 Å². The van der Waals surface area contributed by atoms with Gasteiger partial charge >= 0.3 is 0 Å². The summed E-state index contributed by atoms with van der Waals surface area (Å²) < 4.78 is 26.1. The van der Waals surface area contributed by atoms with Gasteiger partial charge in [-0.2, -0.15) is 0 Å². The number of carbonyl (C=O) groups is 2. The van der Waals surface area contributed by atoms with Crippen LogP contribution >= 0.6 is 11.6 Å². The number of rotatable bonds is 4. The van der Waals surface area contributed by atoms with Gasteiger partial charge in [0, 0.05) is 22.5 Å². The molecule has 1 fully saturated rings. The molecular weight excluding hydrogens is 338 g/mol. The van der Waals surface area contributed by atoms with Crippen molar-refractivity contribution >= 4 is 34.8 Å². The van der Waals surface area contributed by atoms with E-state index in [1.807, 2.05) is 0 Å². The van der Waals surface area contributed by atoms with Crippen LogP contribution in [0.4, 0.5) is 20.2 Å². The highest BCUT2D eigenvalue weighted by molar-refractivity contribution is 6.31. The summed E-state index contributed by atoms with van der Waals surface area (Å²) in [5.74, 6) is -3.08. The van der Waals surface area contributed by atoms with Crippen molar-refractivity contribution in [3.05, 3.63) is 59.1 Å². The van der Waals surface area contributed by atoms with Gasteiger partial charge in [0.15, 0.2) is 11.6 Å². The van der Waals surface area contributed by atoms with E-state index < -0.39 is 28.9 Å². The summed E-state index contributed by atoms with van der Waals surface area (Å²) in [7, 11) is 0. The van der Waals surface area contributed by atoms with Crippen molar-refractivity contribution in [1.29, 1.82) is 0 Å². The van der Waals surface area contributed by atoms with Gasteiger partial charge in [-0.25, -0.2) is 8.78 Å². The summed E-state index contributed by atoms with van der Waals surface area (Å²) >= 11 is 5.86. The molecule has 2 aromatic rings. The molecule has 2 aromatic carbocycles. The van der Waals surface area contributed by atoms with Gasteiger partial charge in [0.25, 0.3) is 0 Å². The van der Waals surface area contributed by atoms with E-state index in [1.165, 1.54) is 6.07 Å². The lowest BCUT2D eigenvalue weighted by Crippen LogP contribution is -2.35. The summed E-state index contributed by atoms with van der Waals surface area (Å²) in [5, 5.41) is 5.57. The van der Waals surface area contributed by atoms with Crippen molar-refractivity contribution in [1.82, 2.24) is 0 Å². The summed E-state index contributed by atoms with van der Waals surface area (Å²) in [6, 6.07) is 9.60. The maximum Gasteiger partial charge on any atom is 0.240 e. The summed E-state index contributed by atoms with van der Waals surface area (Å²) in [4.78, 5) is 24.8. The normalized spacial score (nSPS) is 14.8. The molecule has 7 heteroatoms. The van der Waals surface area contributed by atoms with E-state index in [4.69, 9.17) is 11.6 Å². The molecule has 3 rings (SSSR count). The minimum absolute atomic E-state index is 0.0979. The molecule has 0 unspecified atom stereocenters. The van der Waals surface area contributed by atoms with E-state index in [9.17, 15) is 18.4 Å². The highest BCUT2D eigenvalue weighted by Gasteiger charge is 2.56. The fourth-order valence-electron chi connectivity index (χ4n) is 2.32. The van der Waals surface area contributed by atoms with E-state index in [1.54, 1.807) is 24.3 Å². The van der Waals surface area contributed by atoms with Gasteiger partial charge in [-0.1, -0.05) is 17.7 Å². The van der Waals surface area contributed by atoms with Crippen LogP contribution in [0.5, 0.6) is 0 Å². The van der Waals surface area contributed by atoms with Crippen molar-refractivity contribution in [3.8, 4) is 0 Å². The lowest BCUT2D eigenvalue weighted by molar-refractivity contribution is -0.131. The first kappa shape index (κ1) is 16.4. The number of amides is 2. The van der Waals surface area contributed by atoms with Crippen LogP contribution in [0, 0.1) is 17.0 Å². The maximum absolute atomic E-state index is 13.2. The zero-order chi connectivity index (χ0) is 17.3. The molecule has 1 aliphatic rings. The molecule has 0 bridgehead atoms. The topological polar surface area (TPSA) is 58.2 Å². The van der Waals surface area contributed by atoms with E-state index in [0.29, 0.717) is 23.6 Å². The Morgan fingerprint density at radius 3 is 2.08 bits per heavy atom. The number of carbonyl (C=O) groups excluding carboxylic acids is 2. The second-order valence-electron chi connectivity index (χ2n) is 5.63. The van der Waals surface area contributed by atoms with Crippen LogP contribution in [0.1, 0.15) is 12.8 Å². The first-order chi connectivity index (χ1) is 11.4. The van der Waals surface area contributed by atoms with Crippen LogP contribution in [0.25, 0.3) is 0 Å². The van der Waals surface area contributed by atoms with Crippen LogP contribution in [-0.2, 0) is 9.59 Å². The number of hydrogen-bond acceptors (Lipinski definition) is 2. The Bertz CT molecular complexity index is 822. The lowest BCUT2D eigenvalue weighted by atomic mass is 10.0. The lowest BCUT2D eigenvalue weighted by Gasteiger charge is -2.15. The Hall–Kier alpha value is -2.47. The summed E-state index contributed by atoms with van der Waals surface area (Å²) in [6.45, 7) is 0. The Morgan fingerprint density at radius 2 is 1.54 bits per heavy atom. The van der Waals surface area contributed by atoms with E-state index in [2.05, 4.69) is 10.6 Å². The number of hydrogen-bond donors (Lipinski definition) is 2. The zero-order valence-electron chi connectivity index (χ0n) is 12.4. The summed E-state index contributed by atoms with van der Waals surface area (Å²) in [6.07, 6.45) is 0.768. The van der Waals surface area contributed by atoms with E-state index in [0.717, 1.165) is 12.1 Å². The Morgan fingerprint density at radius 1 is 0.917 bits per heavy atom. The van der Waals surface area contributed by atoms with E-state index >= 15 is 0 Å². The first-order valence-corrected chi connectivity index (χ1v) is 7.62. The summed E-state index contributed by atoms with van der Waals surface area (Å²) in [5.41, 5.74) is -0.618. The van der Waals surface area contributed by atoms with Gasteiger partial charge in [-0.05, 0) is 43.2 Å². The molecule has 4 nitrogen and oxygen atoms in total. The molecule has 1 saturated carbocycles. The van der Waals surface area contributed by atoms with Crippen LogP contribution in [0.2, 0.25) is 5.02 Å². The smallest absolute Gasteiger partial charge is 0.240 e. The average molecular weight is 351 g/mol. The number of nitrogens with one attached hydrogen (secondary N) is 2. The minimum Gasteiger partial charge on any atom is -0.325 e. The third-order valence-electron chi connectivity index (χ3n) is 3.88. The van der Waals surface area contributed by atoms with Gasteiger partial charge in [-0.15, -0.1) is 0 Å². The van der Waals surface area contributed by atoms with E-state index in [-0.39, 0.29) is 5.69 Å². The third-order valence-corrected chi connectivity index (χ3v) is 4.11. The fourth-order valence-corrected chi connectivity index (χ4v) is 2.51. The molecule has 24 heavy (non-hydrogen) atoms. The molecular formula is C17H13ClF2N2O2. The van der Waals surface area contributed by atoms with Crippen LogP contribution in [-0.4, -0.2) is 11.8 Å². The molecule has 0 saturated heterocycles. The zero-order valence-corrected chi connectivity index (χ0v) is 13.2. The van der Waals surface area contributed by atoms with Crippen LogP contribution in [0.15, 0.2) is 42.5 Å². The predicted molar refractivity (Wildman–Crippen MR) is 86.7 cm³/mol. The maximum atomic E-state index is 13.2. The minimum atomic E-state index is -1.20. The number of benzene rings is 2. The molecule has 2 amide bonds. The predicted octanol–water partition coefficient (Wildman–Crippen LogP) is 3.98. The quantitative estimate of drug-likeness (QED) is 0.819. The van der Waals surface area contributed by atoms with Gasteiger partial charge in [-0.3, -0.25) is 9.59 Å². The molecule has 0 aromatic heterocycles. The largest absolute Gasteiger partial charge is 0.325 e. The Labute approximate surface area is 141 Å². The molecule has 0 radical (unpaired) electrons. The van der Waals surface area contributed by atoms with Gasteiger partial charge < -0.3 is 10.6 Å². The molecule has 0 spiro atoms. The molecule has 1 aliphatic carbocycles. The fraction of sp³-hybridized carbons (Fsp3) is 0.176. The van der Waals surface area contributed by atoms with Gasteiger partial charge in [0.2, 0.25) is 11.8 Å². The second-order valence-corrected chi connectivity index (χ2v) is 6.07. The van der Waals surface area contributed by atoms with Gasteiger partial charge in [0.05, 0.1) is 0 Å². The Kier molecular flexibility index (Phi) is 4.24. The molecule has 0 atom stereocenters. The standard InChI is InChI=1S/C17H13ClF2N2O2/c18-10-2-1-3-11(8-10)21-15(23)17(6-7-17)16(24)22-12-4-5-13(19)14(20)9-12/h1-5,8-9H,6-7H2,(H,21,23)(H,22,24). The molecule has 2 N–H and O–H groups in total. The number of halogens is 3. The van der Waals surface area contributed by atoms with Crippen molar-refractivity contribution in [2.24, 2.45) is 5.41 Å². The van der Waals surface area contributed by atoms with Gasteiger partial charge in [0.1, 0.15) is 5.41 Å². The highest BCUT2D eigenvalue weighted by atomic mass is 35.5. The van der Waals surface area contributed by atoms with Crippen molar-refractivity contribution < 1.29 is 18.4 Å². The van der Waals surface area contributed by atoms with Crippen LogP contribution in [0.3, 0.4) is 0 Å². The SMILES string of the molecule is O=C(Nc1cccc(Cl)c1)C1(C(=O)Nc2ccc(F)c(F)c2)CC1. The molecule has 124 valence electrons. The Balaban J connectivity index is 1.71. The average Bonchev–Trinajstić information content (AvgIpc) is 3.33. The highest BCUT2D eigenvalue weighted by Crippen LogP contribution is 2.47. The van der Waals surface area contributed by atoms with Crippen molar-refractivity contribution in [2.75, 3.05) is 10.6 Å². The molecule has 0 heterocycles. The molecule has 0 aliphatic heterocycles. The van der Waals surface area contributed by atoms with Crippen LogP contribution < -0.4 is 10.6 Å². The second kappa shape index (κ2) is 6.20. The van der Waals surface area contributed by atoms with Crippen molar-refractivity contribution in [3.63, 3.8) is 0 Å². The monoisotopic (exact) mass is 350 g/mol. The first-order valence-electron chi connectivity index (χ1n) is 7.24. The third kappa shape index (κ3) is 3.23.